The number of amides is 2. The zero-order valence-electron chi connectivity index (χ0n) is 24.0. The smallest absolute Gasteiger partial charge is 0.410 e. The third-order valence-electron chi connectivity index (χ3n) is 7.28. The van der Waals surface area contributed by atoms with Crippen molar-refractivity contribution in [1.29, 1.82) is 0 Å². The molecule has 0 saturated carbocycles. The zero-order chi connectivity index (χ0) is 29.5. The number of pyridine rings is 1. The summed E-state index contributed by atoms with van der Waals surface area (Å²) < 4.78 is 14.3. The Morgan fingerprint density at radius 1 is 0.878 bits per heavy atom. The predicted octanol–water partition coefficient (Wildman–Crippen LogP) is 4.08. The van der Waals surface area contributed by atoms with E-state index in [1.54, 1.807) is 51.7 Å². The van der Waals surface area contributed by atoms with Gasteiger partial charge in [0.05, 0.1) is 24.7 Å². The summed E-state index contributed by atoms with van der Waals surface area (Å²) in [5.41, 5.74) is 0.864. The van der Waals surface area contributed by atoms with E-state index in [0.717, 1.165) is 5.39 Å². The number of hydrogen-bond acceptors (Lipinski definition) is 6. The van der Waals surface area contributed by atoms with Gasteiger partial charge >= 0.3 is 6.09 Å². The number of ether oxygens (including phenoxy) is 2. The Bertz CT molecular complexity index is 1710. The van der Waals surface area contributed by atoms with Crippen LogP contribution in [0.2, 0.25) is 0 Å². The van der Waals surface area contributed by atoms with Gasteiger partial charge in [-0.25, -0.2) is 4.79 Å². The van der Waals surface area contributed by atoms with Crippen LogP contribution in [0.1, 0.15) is 41.6 Å². The first kappa shape index (κ1) is 27.9. The van der Waals surface area contributed by atoms with Crippen LogP contribution in [0.15, 0.2) is 59.4 Å². The molecule has 2 aromatic carbocycles. The first-order valence-corrected chi connectivity index (χ1v) is 13.5. The Labute approximate surface area is 237 Å². The van der Waals surface area contributed by atoms with E-state index in [0.29, 0.717) is 42.8 Å². The highest BCUT2D eigenvalue weighted by atomic mass is 16.6. The number of carbonyl (C=O) groups excluding carboxylic acids is 3. The molecule has 0 atom stereocenters. The van der Waals surface area contributed by atoms with Crippen molar-refractivity contribution in [3.8, 4) is 5.75 Å². The van der Waals surface area contributed by atoms with E-state index in [-0.39, 0.29) is 35.1 Å². The molecule has 2 aromatic heterocycles. The largest absolute Gasteiger partial charge is 0.493 e. The molecule has 0 radical (unpaired) electrons. The minimum atomic E-state index is -0.609. The lowest BCUT2D eigenvalue weighted by molar-refractivity contribution is 0.0139. The summed E-state index contributed by atoms with van der Waals surface area (Å²) in [4.78, 5) is 56.8. The molecule has 5 rings (SSSR count). The van der Waals surface area contributed by atoms with Crippen molar-refractivity contribution >= 4 is 39.6 Å². The molecule has 214 valence electrons. The number of aromatic nitrogens is 2. The van der Waals surface area contributed by atoms with E-state index in [1.165, 1.54) is 11.7 Å². The lowest BCUT2D eigenvalue weighted by Gasteiger charge is -2.35. The summed E-state index contributed by atoms with van der Waals surface area (Å²) in [5, 5.41) is 0.961. The van der Waals surface area contributed by atoms with Gasteiger partial charge in [0.2, 0.25) is 0 Å². The van der Waals surface area contributed by atoms with Crippen LogP contribution in [0.25, 0.3) is 21.8 Å². The molecule has 3 heterocycles. The number of ketones is 1. The molecule has 41 heavy (non-hydrogen) atoms. The summed E-state index contributed by atoms with van der Waals surface area (Å²) in [7, 11) is 3.17. The van der Waals surface area contributed by atoms with Gasteiger partial charge in [-0.05, 0) is 26.8 Å². The van der Waals surface area contributed by atoms with Crippen LogP contribution in [0.5, 0.6) is 5.75 Å². The minimum absolute atomic E-state index is 0.159. The van der Waals surface area contributed by atoms with Gasteiger partial charge in [-0.15, -0.1) is 0 Å². The number of fused-ring (bicyclic) bond motifs is 3. The SMILES string of the molecule is COc1c(C(=O)N2CCN(C(=O)OC(C)(C)C)CC2)n(C)c2c1c(=O)n(CC(=O)c1ccccc1)c1ccccc21. The summed E-state index contributed by atoms with van der Waals surface area (Å²) in [6.07, 6.45) is -0.413. The number of hydrogen-bond donors (Lipinski definition) is 0. The molecule has 0 spiro atoms. The molecule has 2 amide bonds. The number of para-hydroxylation sites is 1. The Morgan fingerprint density at radius 2 is 1.49 bits per heavy atom. The Balaban J connectivity index is 1.55. The van der Waals surface area contributed by atoms with Gasteiger partial charge in [0.15, 0.2) is 17.2 Å². The standard InChI is InChI=1S/C31H34N4O6/c1-31(2,3)41-30(39)34-17-15-33(16-18-34)29(38)26-27(40-5)24-25(32(26)4)21-13-9-10-14-22(21)35(28(24)37)19-23(36)20-11-7-6-8-12-20/h6-14H,15-19H2,1-5H3. The molecule has 0 unspecified atom stereocenters. The zero-order valence-corrected chi connectivity index (χ0v) is 24.0. The van der Waals surface area contributed by atoms with Crippen molar-refractivity contribution < 1.29 is 23.9 Å². The number of benzene rings is 2. The van der Waals surface area contributed by atoms with Crippen molar-refractivity contribution in [1.82, 2.24) is 18.9 Å². The Morgan fingerprint density at radius 3 is 2.12 bits per heavy atom. The fraction of sp³-hybridized carbons (Fsp3) is 0.355. The summed E-state index contributed by atoms with van der Waals surface area (Å²) in [6.45, 7) is 6.53. The van der Waals surface area contributed by atoms with E-state index in [1.807, 2.05) is 45.0 Å². The fourth-order valence-corrected chi connectivity index (χ4v) is 5.35. The number of carbonyl (C=O) groups is 3. The first-order chi connectivity index (χ1) is 19.5. The fourth-order valence-electron chi connectivity index (χ4n) is 5.35. The molecule has 0 bridgehead atoms. The normalized spacial score (nSPS) is 14.0. The number of methoxy groups -OCH3 is 1. The van der Waals surface area contributed by atoms with Crippen molar-refractivity contribution in [2.24, 2.45) is 7.05 Å². The number of nitrogens with zero attached hydrogens (tertiary/aromatic N) is 4. The van der Waals surface area contributed by atoms with Gasteiger partial charge in [0, 0.05) is 44.2 Å². The van der Waals surface area contributed by atoms with Crippen molar-refractivity contribution in [2.45, 2.75) is 32.9 Å². The molecule has 1 aliphatic heterocycles. The van der Waals surface area contributed by atoms with E-state index in [4.69, 9.17) is 9.47 Å². The lowest BCUT2D eigenvalue weighted by Crippen LogP contribution is -2.51. The third-order valence-corrected chi connectivity index (χ3v) is 7.28. The molecule has 10 nitrogen and oxygen atoms in total. The molecule has 1 aliphatic rings. The average Bonchev–Trinajstić information content (AvgIpc) is 3.26. The Kier molecular flexibility index (Phi) is 7.33. The second-order valence-corrected chi connectivity index (χ2v) is 11.1. The molecule has 10 heteroatoms. The molecule has 1 saturated heterocycles. The second kappa shape index (κ2) is 10.8. The number of Topliss-reactive ketones (excluding diaryl/α,β-unsaturated/α-hetero) is 1. The quantitative estimate of drug-likeness (QED) is 0.342. The summed E-state index contributed by atoms with van der Waals surface area (Å²) >= 11 is 0. The van der Waals surface area contributed by atoms with E-state index >= 15 is 0 Å². The van der Waals surface area contributed by atoms with Crippen molar-refractivity contribution in [2.75, 3.05) is 33.3 Å². The average molecular weight is 559 g/mol. The van der Waals surface area contributed by atoms with E-state index in [9.17, 15) is 19.2 Å². The van der Waals surface area contributed by atoms with E-state index in [2.05, 4.69) is 0 Å². The van der Waals surface area contributed by atoms with Crippen LogP contribution < -0.4 is 10.3 Å². The summed E-state index contributed by atoms with van der Waals surface area (Å²) in [6, 6.07) is 16.2. The molecular formula is C31H34N4O6. The van der Waals surface area contributed by atoms with Crippen molar-refractivity contribution in [3.05, 3.63) is 76.2 Å². The van der Waals surface area contributed by atoms with Crippen LogP contribution in [0.3, 0.4) is 0 Å². The minimum Gasteiger partial charge on any atom is -0.493 e. The lowest BCUT2D eigenvalue weighted by atomic mass is 10.1. The van der Waals surface area contributed by atoms with Crippen LogP contribution in [-0.2, 0) is 18.3 Å². The number of piperazine rings is 1. The van der Waals surface area contributed by atoms with Gasteiger partial charge in [-0.3, -0.25) is 19.0 Å². The highest BCUT2D eigenvalue weighted by molar-refractivity contribution is 6.12. The molecule has 4 aromatic rings. The van der Waals surface area contributed by atoms with Gasteiger partial charge in [0.1, 0.15) is 11.0 Å². The third kappa shape index (κ3) is 5.17. The molecule has 0 N–H and O–H groups in total. The maximum Gasteiger partial charge on any atom is 0.410 e. The maximum absolute atomic E-state index is 14.0. The van der Waals surface area contributed by atoms with Gasteiger partial charge in [-0.1, -0.05) is 48.5 Å². The monoisotopic (exact) mass is 558 g/mol. The van der Waals surface area contributed by atoms with Gasteiger partial charge in [-0.2, -0.15) is 0 Å². The molecule has 0 aliphatic carbocycles. The van der Waals surface area contributed by atoms with E-state index < -0.39 is 17.3 Å². The topological polar surface area (TPSA) is 103 Å². The highest BCUT2D eigenvalue weighted by Crippen LogP contribution is 2.35. The van der Waals surface area contributed by atoms with Crippen LogP contribution >= 0.6 is 0 Å². The summed E-state index contributed by atoms with van der Waals surface area (Å²) in [5.74, 6) is -0.343. The van der Waals surface area contributed by atoms with Crippen LogP contribution in [0.4, 0.5) is 4.79 Å². The van der Waals surface area contributed by atoms with Crippen molar-refractivity contribution in [3.63, 3.8) is 0 Å². The van der Waals surface area contributed by atoms with Gasteiger partial charge in [0.25, 0.3) is 11.5 Å². The van der Waals surface area contributed by atoms with Gasteiger partial charge < -0.3 is 23.8 Å². The van der Waals surface area contributed by atoms with Crippen LogP contribution in [0, 0.1) is 0 Å². The maximum atomic E-state index is 14.0. The number of rotatable bonds is 5. The second-order valence-electron chi connectivity index (χ2n) is 11.1. The number of aryl methyl sites for hydroxylation is 1. The predicted molar refractivity (Wildman–Crippen MR) is 156 cm³/mol. The highest BCUT2D eigenvalue weighted by Gasteiger charge is 2.33. The Hall–Kier alpha value is -4.60. The molecule has 1 fully saturated rings. The van der Waals surface area contributed by atoms with Crippen LogP contribution in [-0.4, -0.2) is 75.6 Å². The molecular weight excluding hydrogens is 524 g/mol. The first-order valence-electron chi connectivity index (χ1n) is 13.5.